The Balaban J connectivity index is 2.99. The average molecular weight is 202 g/mol. The van der Waals surface area contributed by atoms with Gasteiger partial charge in [-0.25, -0.2) is 4.79 Å². The van der Waals surface area contributed by atoms with Crippen LogP contribution in [0.2, 0.25) is 0 Å². The lowest BCUT2D eigenvalue weighted by atomic mass is 10.1. The zero-order chi connectivity index (χ0) is 11.3. The molecule has 0 aromatic heterocycles. The Morgan fingerprint density at radius 1 is 1.40 bits per heavy atom. The second-order valence-electron chi connectivity index (χ2n) is 3.07. The van der Waals surface area contributed by atoms with Crippen LogP contribution in [0.3, 0.4) is 0 Å². The summed E-state index contributed by atoms with van der Waals surface area (Å²) in [6, 6.07) is 7.19. The van der Waals surface area contributed by atoms with E-state index in [1.807, 2.05) is 24.9 Å². The number of esters is 1. The Morgan fingerprint density at radius 3 is 2.47 bits per heavy atom. The molecule has 0 saturated heterocycles. The van der Waals surface area contributed by atoms with Crippen LogP contribution in [0.25, 0.3) is 11.0 Å². The van der Waals surface area contributed by atoms with E-state index in [2.05, 4.69) is 0 Å². The third-order valence-electron chi connectivity index (χ3n) is 1.93. The second-order valence-corrected chi connectivity index (χ2v) is 3.07. The summed E-state index contributed by atoms with van der Waals surface area (Å²) in [4.78, 5) is 11.4. The molecule has 0 aliphatic heterocycles. The molecule has 78 valence electrons. The highest BCUT2D eigenvalue weighted by Gasteiger charge is 2.10. The Morgan fingerprint density at radius 2 is 2.00 bits per heavy atom. The fraction of sp³-hybridized carbons (Fsp3) is 0.250. The molecular formula is C12H12NO2-. The van der Waals surface area contributed by atoms with E-state index in [-0.39, 0.29) is 12.2 Å². The van der Waals surface area contributed by atoms with Crippen LogP contribution in [-0.4, -0.2) is 18.4 Å². The molecule has 1 aromatic rings. The molecule has 3 nitrogen and oxygen atoms in total. The molecule has 15 heavy (non-hydrogen) atoms. The summed E-state index contributed by atoms with van der Waals surface area (Å²) in [7, 11) is 0. The Hall–Kier alpha value is -1.86. The van der Waals surface area contributed by atoms with Gasteiger partial charge in [0.1, 0.15) is 0 Å². The van der Waals surface area contributed by atoms with Crippen molar-refractivity contribution in [3.05, 3.63) is 40.8 Å². The van der Waals surface area contributed by atoms with Crippen molar-refractivity contribution in [3.63, 3.8) is 0 Å². The zero-order valence-electron chi connectivity index (χ0n) is 8.78. The van der Waals surface area contributed by atoms with Crippen LogP contribution in [0.4, 0.5) is 0 Å². The van der Waals surface area contributed by atoms with Gasteiger partial charge in [0.05, 0.1) is 12.2 Å². The number of rotatable bonds is 3. The van der Waals surface area contributed by atoms with E-state index in [0.717, 1.165) is 5.56 Å². The standard InChI is InChI=1S/C12H12NO2/c1-3-15-12(14)11(8-13)10-6-4-9(2)5-7-10/h4-7H,3H2,1-2H3/q-1. The fourth-order valence-corrected chi connectivity index (χ4v) is 1.15. The normalized spacial score (nSPS) is 9.20. The Labute approximate surface area is 88.9 Å². The maximum Gasteiger partial charge on any atom is 0.344 e. The maximum absolute atomic E-state index is 11.4. The largest absolute Gasteiger partial charge is 0.763 e. The molecule has 0 N–H and O–H groups in total. The summed E-state index contributed by atoms with van der Waals surface area (Å²) in [5.41, 5.74) is 1.73. The van der Waals surface area contributed by atoms with Crippen LogP contribution >= 0.6 is 0 Å². The van der Waals surface area contributed by atoms with Crippen molar-refractivity contribution in [1.29, 1.82) is 0 Å². The quantitative estimate of drug-likeness (QED) is 0.428. The van der Waals surface area contributed by atoms with Gasteiger partial charge < -0.3 is 10.1 Å². The van der Waals surface area contributed by atoms with Crippen molar-refractivity contribution in [2.75, 3.05) is 6.61 Å². The van der Waals surface area contributed by atoms with Gasteiger partial charge in [-0.15, -0.1) is 0 Å². The smallest absolute Gasteiger partial charge is 0.344 e. The topological polar surface area (TPSA) is 48.6 Å². The predicted molar refractivity (Wildman–Crippen MR) is 59.6 cm³/mol. The Kier molecular flexibility index (Phi) is 3.83. The van der Waals surface area contributed by atoms with Crippen molar-refractivity contribution in [3.8, 4) is 0 Å². The van der Waals surface area contributed by atoms with Gasteiger partial charge in [-0.05, 0) is 19.4 Å². The predicted octanol–water partition coefficient (Wildman–Crippen LogP) is 2.18. The van der Waals surface area contributed by atoms with Crippen molar-refractivity contribution >= 4 is 17.4 Å². The molecule has 0 aliphatic carbocycles. The van der Waals surface area contributed by atoms with Gasteiger partial charge >= 0.3 is 5.97 Å². The monoisotopic (exact) mass is 202 g/mol. The van der Waals surface area contributed by atoms with Crippen LogP contribution in [-0.2, 0) is 9.53 Å². The zero-order valence-corrected chi connectivity index (χ0v) is 8.78. The first kappa shape index (κ1) is 11.2. The van der Waals surface area contributed by atoms with Gasteiger partial charge in [-0.1, -0.05) is 29.8 Å². The van der Waals surface area contributed by atoms with Gasteiger partial charge in [0.15, 0.2) is 0 Å². The molecule has 1 aromatic carbocycles. The summed E-state index contributed by atoms with van der Waals surface area (Å²) in [6.07, 6.45) is 0. The minimum atomic E-state index is -0.566. The molecule has 3 heteroatoms. The molecule has 0 bridgehead atoms. The van der Waals surface area contributed by atoms with Crippen LogP contribution in [0.1, 0.15) is 18.1 Å². The summed E-state index contributed by atoms with van der Waals surface area (Å²) in [5.74, 6) is 1.30. The van der Waals surface area contributed by atoms with Crippen LogP contribution in [0.15, 0.2) is 24.3 Å². The summed E-state index contributed by atoms with van der Waals surface area (Å²) >= 11 is 0. The molecular weight excluding hydrogens is 190 g/mol. The number of carbonyl (C=O) groups excluding carboxylic acids is 1. The minimum absolute atomic E-state index is 0.0526. The lowest BCUT2D eigenvalue weighted by Gasteiger charge is -2.06. The van der Waals surface area contributed by atoms with Crippen LogP contribution in [0.5, 0.6) is 0 Å². The average Bonchev–Trinajstić information content (AvgIpc) is 2.22. The Bertz CT molecular complexity index is 400. The highest BCUT2D eigenvalue weighted by atomic mass is 16.5. The maximum atomic E-state index is 11.4. The molecule has 0 fully saturated rings. The molecule has 0 radical (unpaired) electrons. The molecule has 0 spiro atoms. The fourth-order valence-electron chi connectivity index (χ4n) is 1.15. The minimum Gasteiger partial charge on any atom is -0.763 e. The van der Waals surface area contributed by atoms with Gasteiger partial charge in [0.25, 0.3) is 0 Å². The van der Waals surface area contributed by atoms with Crippen molar-refractivity contribution in [2.24, 2.45) is 0 Å². The van der Waals surface area contributed by atoms with E-state index in [4.69, 9.17) is 10.1 Å². The number of ether oxygens (including phenoxy) is 1. The molecule has 0 aliphatic rings. The van der Waals surface area contributed by atoms with E-state index in [1.165, 1.54) is 0 Å². The molecule has 0 atom stereocenters. The molecule has 0 amide bonds. The summed E-state index contributed by atoms with van der Waals surface area (Å²) in [5, 5.41) is 8.86. The molecule has 0 saturated carbocycles. The van der Waals surface area contributed by atoms with Gasteiger partial charge in [-0.3, -0.25) is 5.87 Å². The van der Waals surface area contributed by atoms with Crippen molar-refractivity contribution in [1.82, 2.24) is 0 Å². The highest BCUT2D eigenvalue weighted by molar-refractivity contribution is 6.26. The van der Waals surface area contributed by atoms with E-state index in [1.54, 1.807) is 19.1 Å². The molecule has 1 rings (SSSR count). The summed E-state index contributed by atoms with van der Waals surface area (Å²) < 4.78 is 4.78. The third kappa shape index (κ3) is 2.79. The van der Waals surface area contributed by atoms with Gasteiger partial charge in [0, 0.05) is 0 Å². The number of nitrogens with zero attached hydrogens (tertiary/aromatic N) is 1. The van der Waals surface area contributed by atoms with Gasteiger partial charge in [-0.2, -0.15) is 0 Å². The highest BCUT2D eigenvalue weighted by Crippen LogP contribution is 2.13. The van der Waals surface area contributed by atoms with E-state index >= 15 is 0 Å². The molecule has 0 heterocycles. The van der Waals surface area contributed by atoms with Crippen molar-refractivity contribution < 1.29 is 9.53 Å². The van der Waals surface area contributed by atoms with E-state index in [9.17, 15) is 4.79 Å². The van der Waals surface area contributed by atoms with E-state index in [0.29, 0.717) is 5.56 Å². The van der Waals surface area contributed by atoms with Crippen LogP contribution < -0.4 is 0 Å². The van der Waals surface area contributed by atoms with Crippen molar-refractivity contribution in [2.45, 2.75) is 13.8 Å². The lowest BCUT2D eigenvalue weighted by molar-refractivity contribution is -0.135. The number of aryl methyl sites for hydroxylation is 1. The van der Waals surface area contributed by atoms with Crippen LogP contribution in [0, 0.1) is 6.92 Å². The number of hydrogen-bond donors (Lipinski definition) is 0. The summed E-state index contributed by atoms with van der Waals surface area (Å²) in [6.45, 7) is 3.93. The number of benzene rings is 1. The SMILES string of the molecule is CCOC(=O)C(=C=[N-])c1ccc(C)cc1. The molecule has 0 unspecified atom stereocenters. The van der Waals surface area contributed by atoms with Gasteiger partial charge in [0.2, 0.25) is 0 Å². The first-order valence-electron chi connectivity index (χ1n) is 4.70. The lowest BCUT2D eigenvalue weighted by Crippen LogP contribution is -2.07. The first-order chi connectivity index (χ1) is 7.19. The van der Waals surface area contributed by atoms with E-state index < -0.39 is 5.97 Å². The third-order valence-corrected chi connectivity index (χ3v) is 1.93. The number of carbonyl (C=O) groups is 1. The number of hydrogen-bond acceptors (Lipinski definition) is 2. The second kappa shape index (κ2) is 5.13. The first-order valence-corrected chi connectivity index (χ1v) is 4.70.